The van der Waals surface area contributed by atoms with E-state index in [4.69, 9.17) is 0 Å². The summed E-state index contributed by atoms with van der Waals surface area (Å²) in [4.78, 5) is 23.8. The van der Waals surface area contributed by atoms with Gasteiger partial charge in [-0.15, -0.1) is 0 Å². The zero-order valence-electron chi connectivity index (χ0n) is 15.0. The number of anilines is 1. The zero-order valence-corrected chi connectivity index (χ0v) is 15.0. The molecule has 4 heterocycles. The van der Waals surface area contributed by atoms with E-state index in [0.29, 0.717) is 22.7 Å². The van der Waals surface area contributed by atoms with Crippen LogP contribution in [0.15, 0.2) is 30.5 Å². The molecular weight excluding hydrogens is 347 g/mol. The molecule has 3 N–H and O–H groups in total. The van der Waals surface area contributed by atoms with Gasteiger partial charge in [0.15, 0.2) is 5.69 Å². The van der Waals surface area contributed by atoms with Gasteiger partial charge < -0.3 is 10.3 Å². The number of pyridine rings is 2. The van der Waals surface area contributed by atoms with E-state index in [-0.39, 0.29) is 5.91 Å². The lowest BCUT2D eigenvalue weighted by molar-refractivity contribution is 0.102. The Balaban J connectivity index is 1.65. The molecule has 136 valence electrons. The fourth-order valence-corrected chi connectivity index (χ4v) is 2.94. The molecule has 1 amide bonds. The number of rotatable bonds is 3. The fourth-order valence-electron chi connectivity index (χ4n) is 2.94. The van der Waals surface area contributed by atoms with Crippen LogP contribution in [0.2, 0.25) is 0 Å². The lowest BCUT2D eigenvalue weighted by Gasteiger charge is -2.03. The van der Waals surface area contributed by atoms with Crippen LogP contribution >= 0.6 is 0 Å². The van der Waals surface area contributed by atoms with E-state index < -0.39 is 5.95 Å². The summed E-state index contributed by atoms with van der Waals surface area (Å²) in [6, 6.07) is 6.71. The Morgan fingerprint density at radius 1 is 1.19 bits per heavy atom. The number of aromatic amines is 2. The molecule has 0 aromatic carbocycles. The van der Waals surface area contributed by atoms with Crippen LogP contribution in [0.25, 0.3) is 22.3 Å². The van der Waals surface area contributed by atoms with E-state index in [1.54, 1.807) is 19.2 Å². The second kappa shape index (κ2) is 6.31. The van der Waals surface area contributed by atoms with Crippen LogP contribution in [-0.2, 0) is 0 Å². The highest BCUT2D eigenvalue weighted by molar-refractivity contribution is 6.04. The van der Waals surface area contributed by atoms with Gasteiger partial charge in [0, 0.05) is 33.6 Å². The lowest BCUT2D eigenvalue weighted by atomic mass is 10.1. The number of halogens is 1. The van der Waals surface area contributed by atoms with Gasteiger partial charge in [-0.3, -0.25) is 9.89 Å². The van der Waals surface area contributed by atoms with Crippen molar-refractivity contribution in [1.29, 1.82) is 0 Å². The molecule has 0 saturated heterocycles. The van der Waals surface area contributed by atoms with Gasteiger partial charge in [-0.2, -0.15) is 9.49 Å². The molecular formula is C19H17FN6O. The average molecular weight is 364 g/mol. The standard InChI is InChI=1S/C19H17FN6O/c1-9-10(2)25-26-17(9)19(27)23-13-6-12-7-15(24-18(12)21-8-13)14-4-5-16(20)22-11(14)3/h4-8H,1-3H3,(H,21,24)(H,23,27)(H,25,26). The Hall–Kier alpha value is -3.55. The number of nitrogens with zero attached hydrogens (tertiary/aromatic N) is 3. The predicted octanol–water partition coefficient (Wildman–Crippen LogP) is 3.66. The first-order valence-corrected chi connectivity index (χ1v) is 8.37. The minimum absolute atomic E-state index is 0.299. The number of H-pyrrole nitrogens is 2. The maximum absolute atomic E-state index is 13.2. The van der Waals surface area contributed by atoms with Crippen molar-refractivity contribution in [2.45, 2.75) is 20.8 Å². The van der Waals surface area contributed by atoms with Gasteiger partial charge in [0.25, 0.3) is 5.91 Å². The Labute approximate surface area is 154 Å². The van der Waals surface area contributed by atoms with Gasteiger partial charge >= 0.3 is 0 Å². The first-order valence-electron chi connectivity index (χ1n) is 8.37. The highest BCUT2D eigenvalue weighted by Gasteiger charge is 2.15. The lowest BCUT2D eigenvalue weighted by Crippen LogP contribution is -2.13. The minimum Gasteiger partial charge on any atom is -0.339 e. The van der Waals surface area contributed by atoms with Crippen LogP contribution in [0.1, 0.15) is 27.4 Å². The Kier molecular flexibility index (Phi) is 3.95. The molecule has 0 fully saturated rings. The number of carbonyl (C=O) groups is 1. The molecule has 27 heavy (non-hydrogen) atoms. The third kappa shape index (κ3) is 3.05. The number of hydrogen-bond donors (Lipinski definition) is 3. The van der Waals surface area contributed by atoms with Crippen molar-refractivity contribution in [2.75, 3.05) is 5.32 Å². The van der Waals surface area contributed by atoms with Gasteiger partial charge in [-0.1, -0.05) is 0 Å². The molecule has 0 unspecified atom stereocenters. The van der Waals surface area contributed by atoms with Gasteiger partial charge in [-0.25, -0.2) is 9.97 Å². The highest BCUT2D eigenvalue weighted by Crippen LogP contribution is 2.26. The van der Waals surface area contributed by atoms with E-state index in [1.807, 2.05) is 26.0 Å². The number of aromatic nitrogens is 5. The van der Waals surface area contributed by atoms with Gasteiger partial charge in [-0.05, 0) is 45.0 Å². The second-order valence-electron chi connectivity index (χ2n) is 6.39. The van der Waals surface area contributed by atoms with E-state index in [0.717, 1.165) is 27.9 Å². The number of hydrogen-bond acceptors (Lipinski definition) is 4. The maximum atomic E-state index is 13.2. The van der Waals surface area contributed by atoms with Crippen LogP contribution in [0, 0.1) is 26.7 Å². The Bertz CT molecular complexity index is 1180. The molecule has 0 aliphatic heterocycles. The van der Waals surface area contributed by atoms with Crippen molar-refractivity contribution in [3.63, 3.8) is 0 Å². The summed E-state index contributed by atoms with van der Waals surface area (Å²) in [6.45, 7) is 5.45. The smallest absolute Gasteiger partial charge is 0.276 e. The number of amides is 1. The topological polar surface area (TPSA) is 99.3 Å². The molecule has 0 aliphatic carbocycles. The van der Waals surface area contributed by atoms with Crippen molar-refractivity contribution in [2.24, 2.45) is 0 Å². The number of nitrogens with one attached hydrogen (secondary N) is 3. The Morgan fingerprint density at radius 3 is 2.70 bits per heavy atom. The molecule has 0 atom stereocenters. The van der Waals surface area contributed by atoms with Gasteiger partial charge in [0.1, 0.15) is 5.65 Å². The summed E-state index contributed by atoms with van der Waals surface area (Å²) >= 11 is 0. The number of fused-ring (bicyclic) bond motifs is 1. The van der Waals surface area contributed by atoms with Crippen molar-refractivity contribution in [3.8, 4) is 11.3 Å². The average Bonchev–Trinajstić information content (AvgIpc) is 3.18. The van der Waals surface area contributed by atoms with E-state index in [1.165, 1.54) is 6.07 Å². The molecule has 4 aromatic heterocycles. The molecule has 8 heteroatoms. The fraction of sp³-hybridized carbons (Fsp3) is 0.158. The molecule has 0 aliphatic rings. The summed E-state index contributed by atoms with van der Waals surface area (Å²) in [5, 5.41) is 10.5. The molecule has 0 spiro atoms. The quantitative estimate of drug-likeness (QED) is 0.483. The first-order chi connectivity index (χ1) is 12.9. The number of aryl methyl sites for hydroxylation is 2. The minimum atomic E-state index is -0.514. The third-order valence-electron chi connectivity index (χ3n) is 4.54. The largest absolute Gasteiger partial charge is 0.339 e. The van der Waals surface area contributed by atoms with E-state index in [9.17, 15) is 9.18 Å². The van der Waals surface area contributed by atoms with Crippen LogP contribution in [0.3, 0.4) is 0 Å². The van der Waals surface area contributed by atoms with E-state index in [2.05, 4.69) is 30.5 Å². The zero-order chi connectivity index (χ0) is 19.1. The van der Waals surface area contributed by atoms with Crippen molar-refractivity contribution >= 4 is 22.6 Å². The van der Waals surface area contributed by atoms with Gasteiger partial charge in [0.2, 0.25) is 5.95 Å². The van der Waals surface area contributed by atoms with Crippen LogP contribution in [0.5, 0.6) is 0 Å². The maximum Gasteiger partial charge on any atom is 0.276 e. The van der Waals surface area contributed by atoms with Crippen molar-refractivity contribution < 1.29 is 9.18 Å². The summed E-state index contributed by atoms with van der Waals surface area (Å²) in [7, 11) is 0. The first kappa shape index (κ1) is 16.9. The third-order valence-corrected chi connectivity index (χ3v) is 4.54. The number of carbonyl (C=O) groups excluding carboxylic acids is 1. The highest BCUT2D eigenvalue weighted by atomic mass is 19.1. The van der Waals surface area contributed by atoms with Crippen LogP contribution in [0.4, 0.5) is 10.1 Å². The molecule has 7 nitrogen and oxygen atoms in total. The summed E-state index contributed by atoms with van der Waals surface area (Å²) < 4.78 is 13.2. The monoisotopic (exact) mass is 364 g/mol. The van der Waals surface area contributed by atoms with E-state index >= 15 is 0 Å². The van der Waals surface area contributed by atoms with Crippen LogP contribution < -0.4 is 5.32 Å². The summed E-state index contributed by atoms with van der Waals surface area (Å²) in [6.07, 6.45) is 1.57. The van der Waals surface area contributed by atoms with Gasteiger partial charge in [0.05, 0.1) is 11.9 Å². The molecule has 4 rings (SSSR count). The summed E-state index contributed by atoms with van der Waals surface area (Å²) in [5.74, 6) is -0.813. The molecule has 0 radical (unpaired) electrons. The molecule has 0 bridgehead atoms. The second-order valence-corrected chi connectivity index (χ2v) is 6.39. The SMILES string of the molecule is Cc1nc(F)ccc1-c1cc2cc(NC(=O)c3n[nH]c(C)c3C)cnc2[nH]1. The normalized spacial score (nSPS) is 11.1. The summed E-state index contributed by atoms with van der Waals surface area (Å²) in [5.41, 5.74) is 5.41. The Morgan fingerprint density at radius 2 is 2.00 bits per heavy atom. The van der Waals surface area contributed by atoms with Crippen molar-refractivity contribution in [1.82, 2.24) is 25.1 Å². The van der Waals surface area contributed by atoms with Crippen LogP contribution in [-0.4, -0.2) is 31.1 Å². The van der Waals surface area contributed by atoms with Crippen molar-refractivity contribution in [3.05, 3.63) is 59.1 Å². The predicted molar refractivity (Wildman–Crippen MR) is 100 cm³/mol. The molecule has 0 saturated carbocycles. The molecule has 4 aromatic rings.